The van der Waals surface area contributed by atoms with Crippen LogP contribution >= 0.6 is 0 Å². The maximum absolute atomic E-state index is 13.4. The van der Waals surface area contributed by atoms with Gasteiger partial charge in [-0.05, 0) is 42.5 Å². The van der Waals surface area contributed by atoms with Gasteiger partial charge in [0.1, 0.15) is 5.75 Å². The topological polar surface area (TPSA) is 84.0 Å². The minimum Gasteiger partial charge on any atom is -0.497 e. The van der Waals surface area contributed by atoms with Crippen molar-refractivity contribution in [3.8, 4) is 5.75 Å². The Hall–Kier alpha value is -2.08. The van der Waals surface area contributed by atoms with Gasteiger partial charge in [0.2, 0.25) is 20.0 Å². The highest BCUT2D eigenvalue weighted by atomic mass is 32.2. The fourth-order valence-electron chi connectivity index (χ4n) is 2.83. The van der Waals surface area contributed by atoms with Gasteiger partial charge in [-0.2, -0.15) is 8.61 Å². The van der Waals surface area contributed by atoms with Crippen molar-refractivity contribution < 1.29 is 30.4 Å². The van der Waals surface area contributed by atoms with Crippen LogP contribution in [0.15, 0.2) is 52.3 Å². The monoisotopic (exact) mass is 432 g/mol. The molecular weight excluding hydrogens is 414 g/mol. The van der Waals surface area contributed by atoms with Crippen LogP contribution in [0.1, 0.15) is 0 Å². The quantitative estimate of drug-likeness (QED) is 0.718. The van der Waals surface area contributed by atoms with Gasteiger partial charge in [0.15, 0.2) is 11.6 Å². The summed E-state index contributed by atoms with van der Waals surface area (Å²) in [5, 5.41) is 0. The Morgan fingerprint density at radius 2 is 1.21 bits per heavy atom. The number of hydrogen-bond donors (Lipinski definition) is 0. The van der Waals surface area contributed by atoms with Crippen molar-refractivity contribution in [2.45, 2.75) is 9.79 Å². The summed E-state index contributed by atoms with van der Waals surface area (Å²) >= 11 is 0. The van der Waals surface area contributed by atoms with Crippen molar-refractivity contribution in [1.82, 2.24) is 8.61 Å². The van der Waals surface area contributed by atoms with E-state index in [1.54, 1.807) is 0 Å². The molecule has 0 amide bonds. The summed E-state index contributed by atoms with van der Waals surface area (Å²) in [6, 6.07) is 8.22. The number of halogens is 2. The lowest BCUT2D eigenvalue weighted by Crippen LogP contribution is -2.50. The Balaban J connectivity index is 1.75. The number of ether oxygens (including phenoxy) is 1. The third kappa shape index (κ3) is 3.88. The first-order valence-corrected chi connectivity index (χ1v) is 11.1. The Morgan fingerprint density at radius 3 is 1.68 bits per heavy atom. The Labute approximate surface area is 162 Å². The maximum atomic E-state index is 13.4. The second kappa shape index (κ2) is 7.74. The van der Waals surface area contributed by atoms with E-state index in [0.29, 0.717) is 11.8 Å². The SMILES string of the molecule is COc1ccc(S(=O)(=O)N2CCN(S(=O)(=O)c3ccc(F)c(F)c3)CC2)cc1. The second-order valence-electron chi connectivity index (χ2n) is 6.06. The zero-order valence-corrected chi connectivity index (χ0v) is 16.5. The van der Waals surface area contributed by atoms with E-state index in [4.69, 9.17) is 4.74 Å². The molecule has 28 heavy (non-hydrogen) atoms. The highest BCUT2D eigenvalue weighted by Crippen LogP contribution is 2.24. The van der Waals surface area contributed by atoms with E-state index in [1.807, 2.05) is 0 Å². The molecule has 1 fully saturated rings. The van der Waals surface area contributed by atoms with Gasteiger partial charge < -0.3 is 4.74 Å². The fraction of sp³-hybridized carbons (Fsp3) is 0.294. The van der Waals surface area contributed by atoms with E-state index in [2.05, 4.69) is 0 Å². The zero-order chi connectivity index (χ0) is 20.5. The minimum atomic E-state index is -4.06. The number of sulfonamides is 2. The van der Waals surface area contributed by atoms with Crippen molar-refractivity contribution in [1.29, 1.82) is 0 Å². The number of nitrogens with zero attached hydrogens (tertiary/aromatic N) is 2. The van der Waals surface area contributed by atoms with Crippen LogP contribution in [0.2, 0.25) is 0 Å². The summed E-state index contributed by atoms with van der Waals surface area (Å²) in [6.45, 7) is -0.317. The molecule has 3 rings (SSSR count). The molecule has 0 saturated carbocycles. The molecule has 1 aliphatic rings. The first-order valence-electron chi connectivity index (χ1n) is 8.25. The highest BCUT2D eigenvalue weighted by molar-refractivity contribution is 7.89. The zero-order valence-electron chi connectivity index (χ0n) is 14.9. The predicted octanol–water partition coefficient (Wildman–Crippen LogP) is 1.67. The maximum Gasteiger partial charge on any atom is 0.243 e. The average Bonchev–Trinajstić information content (AvgIpc) is 2.70. The van der Waals surface area contributed by atoms with Gasteiger partial charge in [-0.3, -0.25) is 0 Å². The summed E-state index contributed by atoms with van der Waals surface area (Å²) in [5.41, 5.74) is 0. The van der Waals surface area contributed by atoms with E-state index >= 15 is 0 Å². The lowest BCUT2D eigenvalue weighted by atomic mass is 10.3. The normalized spacial score (nSPS) is 16.8. The van der Waals surface area contributed by atoms with E-state index in [1.165, 1.54) is 35.7 Å². The first-order chi connectivity index (χ1) is 13.2. The van der Waals surface area contributed by atoms with Gasteiger partial charge in [-0.25, -0.2) is 25.6 Å². The van der Waals surface area contributed by atoms with E-state index in [-0.39, 0.29) is 36.0 Å². The van der Waals surface area contributed by atoms with Crippen LogP contribution in [0.25, 0.3) is 0 Å². The summed E-state index contributed by atoms with van der Waals surface area (Å²) in [5.74, 6) is -1.89. The lowest BCUT2D eigenvalue weighted by molar-refractivity contribution is 0.272. The number of rotatable bonds is 5. The van der Waals surface area contributed by atoms with Gasteiger partial charge in [0.25, 0.3) is 0 Å². The standard InChI is InChI=1S/C17H18F2N2O5S2/c1-26-13-2-4-14(5-3-13)27(22,23)20-8-10-21(11-9-20)28(24,25)15-6-7-16(18)17(19)12-15/h2-7,12H,8-11H2,1H3. The van der Waals surface area contributed by atoms with Crippen LogP contribution in [0, 0.1) is 11.6 Å². The van der Waals surface area contributed by atoms with Crippen molar-refractivity contribution in [3.63, 3.8) is 0 Å². The Kier molecular flexibility index (Phi) is 5.71. The molecule has 0 spiro atoms. The molecule has 0 aliphatic carbocycles. The van der Waals surface area contributed by atoms with Gasteiger partial charge in [0.05, 0.1) is 16.9 Å². The number of hydrogen-bond acceptors (Lipinski definition) is 5. The summed E-state index contributed by atoms with van der Waals surface area (Å²) in [6.07, 6.45) is 0. The first kappa shape index (κ1) is 20.6. The third-order valence-corrected chi connectivity index (χ3v) is 8.23. The molecule has 7 nitrogen and oxygen atoms in total. The van der Waals surface area contributed by atoms with Gasteiger partial charge in [-0.15, -0.1) is 0 Å². The van der Waals surface area contributed by atoms with Crippen LogP contribution in [-0.4, -0.2) is 58.7 Å². The van der Waals surface area contributed by atoms with Crippen molar-refractivity contribution in [2.24, 2.45) is 0 Å². The van der Waals surface area contributed by atoms with Gasteiger partial charge in [0, 0.05) is 26.2 Å². The predicted molar refractivity (Wildman–Crippen MR) is 96.9 cm³/mol. The molecule has 1 heterocycles. The number of benzene rings is 2. The molecule has 0 unspecified atom stereocenters. The van der Waals surface area contributed by atoms with Crippen LogP contribution in [0.4, 0.5) is 8.78 Å². The molecule has 2 aromatic rings. The molecule has 0 radical (unpaired) electrons. The number of piperazine rings is 1. The molecule has 0 N–H and O–H groups in total. The Bertz CT molecular complexity index is 1070. The largest absolute Gasteiger partial charge is 0.497 e. The average molecular weight is 432 g/mol. The lowest BCUT2D eigenvalue weighted by Gasteiger charge is -2.33. The van der Waals surface area contributed by atoms with Crippen LogP contribution in [-0.2, 0) is 20.0 Å². The molecule has 0 bridgehead atoms. The molecule has 11 heteroatoms. The summed E-state index contributed by atoms with van der Waals surface area (Å²) in [7, 11) is -6.37. The molecule has 1 saturated heterocycles. The van der Waals surface area contributed by atoms with E-state index in [0.717, 1.165) is 16.4 Å². The Morgan fingerprint density at radius 1 is 0.750 bits per heavy atom. The molecule has 2 aromatic carbocycles. The summed E-state index contributed by atoms with van der Waals surface area (Å²) in [4.78, 5) is -0.303. The van der Waals surface area contributed by atoms with E-state index < -0.39 is 31.7 Å². The number of methoxy groups -OCH3 is 1. The molecule has 0 aromatic heterocycles. The van der Waals surface area contributed by atoms with Crippen LogP contribution < -0.4 is 4.74 Å². The van der Waals surface area contributed by atoms with Crippen LogP contribution in [0.5, 0.6) is 5.75 Å². The smallest absolute Gasteiger partial charge is 0.243 e. The summed E-state index contributed by atoms with van der Waals surface area (Å²) < 4.78 is 84.3. The highest BCUT2D eigenvalue weighted by Gasteiger charge is 2.34. The third-order valence-electron chi connectivity index (χ3n) is 4.42. The van der Waals surface area contributed by atoms with Gasteiger partial charge >= 0.3 is 0 Å². The molecule has 1 aliphatic heterocycles. The molecular formula is C17H18F2N2O5S2. The van der Waals surface area contributed by atoms with E-state index in [9.17, 15) is 25.6 Å². The van der Waals surface area contributed by atoms with Crippen molar-refractivity contribution in [3.05, 3.63) is 54.1 Å². The van der Waals surface area contributed by atoms with Crippen LogP contribution in [0.3, 0.4) is 0 Å². The molecule has 0 atom stereocenters. The molecule has 152 valence electrons. The van der Waals surface area contributed by atoms with Gasteiger partial charge in [-0.1, -0.05) is 0 Å². The second-order valence-corrected chi connectivity index (χ2v) is 9.94. The van der Waals surface area contributed by atoms with Crippen molar-refractivity contribution in [2.75, 3.05) is 33.3 Å². The fourth-order valence-corrected chi connectivity index (χ4v) is 5.69. The van der Waals surface area contributed by atoms with Crippen molar-refractivity contribution >= 4 is 20.0 Å². The minimum absolute atomic E-state index is 0.0583.